The molecule has 0 unspecified atom stereocenters. The quantitative estimate of drug-likeness (QED) is 0.771. The van der Waals surface area contributed by atoms with E-state index in [-0.39, 0.29) is 17.0 Å². The number of aromatic nitrogens is 4. The molecule has 0 aliphatic heterocycles. The Balaban J connectivity index is 2.27. The molecule has 100 valence electrons. The zero-order valence-electron chi connectivity index (χ0n) is 9.79. The van der Waals surface area contributed by atoms with Crippen LogP contribution in [0.1, 0.15) is 10.6 Å². The van der Waals surface area contributed by atoms with E-state index < -0.39 is 23.4 Å². The van der Waals surface area contributed by atoms with Gasteiger partial charge >= 0.3 is 5.97 Å². The highest BCUT2D eigenvalue weighted by molar-refractivity contribution is 5.83. The maximum Gasteiger partial charge on any atom is 0.375 e. The Kier molecular flexibility index (Phi) is 2.63. The molecule has 1 N–H and O–H groups in total. The summed E-state index contributed by atoms with van der Waals surface area (Å²) in [6.07, 6.45) is 1.35. The average molecular weight is 276 g/mol. The van der Waals surface area contributed by atoms with Crippen LogP contribution in [0.5, 0.6) is 0 Å². The molecule has 1 aromatic carbocycles. The maximum atomic E-state index is 13.3. The van der Waals surface area contributed by atoms with Crippen LogP contribution in [-0.4, -0.2) is 30.7 Å². The molecular weight excluding hydrogens is 270 g/mol. The zero-order chi connectivity index (χ0) is 14.3. The summed E-state index contributed by atoms with van der Waals surface area (Å²) in [7, 11) is 0. The van der Waals surface area contributed by atoms with Gasteiger partial charge in [0.15, 0.2) is 0 Å². The summed E-state index contributed by atoms with van der Waals surface area (Å²) in [4.78, 5) is 18.4. The van der Waals surface area contributed by atoms with Gasteiger partial charge in [0.2, 0.25) is 0 Å². The summed E-state index contributed by atoms with van der Waals surface area (Å²) < 4.78 is 27.6. The van der Waals surface area contributed by atoms with Crippen LogP contribution >= 0.6 is 0 Å². The summed E-state index contributed by atoms with van der Waals surface area (Å²) in [5, 5.41) is 12.6. The minimum absolute atomic E-state index is 0.0320. The molecule has 3 rings (SSSR count). The van der Waals surface area contributed by atoms with Crippen LogP contribution in [0.25, 0.3) is 17.0 Å². The minimum Gasteiger partial charge on any atom is -0.475 e. The third kappa shape index (κ3) is 1.96. The summed E-state index contributed by atoms with van der Waals surface area (Å²) in [6.45, 7) is 0. The number of rotatable bonds is 2. The van der Waals surface area contributed by atoms with Crippen molar-refractivity contribution in [2.75, 3.05) is 0 Å². The third-order valence-electron chi connectivity index (χ3n) is 2.59. The SMILES string of the molecule is O=C(O)c1nc2nccc(-c3cc(F)cc(F)c3)n2n1. The fourth-order valence-corrected chi connectivity index (χ4v) is 1.81. The highest BCUT2D eigenvalue weighted by Gasteiger charge is 2.15. The van der Waals surface area contributed by atoms with E-state index in [0.29, 0.717) is 0 Å². The largest absolute Gasteiger partial charge is 0.475 e. The minimum atomic E-state index is -1.31. The normalized spacial score (nSPS) is 10.9. The molecule has 0 atom stereocenters. The van der Waals surface area contributed by atoms with Gasteiger partial charge < -0.3 is 5.11 Å². The van der Waals surface area contributed by atoms with Crippen molar-refractivity contribution in [1.82, 2.24) is 19.6 Å². The Hall–Kier alpha value is -2.90. The van der Waals surface area contributed by atoms with Crippen LogP contribution in [0, 0.1) is 11.6 Å². The van der Waals surface area contributed by atoms with Gasteiger partial charge in [0.05, 0.1) is 5.69 Å². The van der Waals surface area contributed by atoms with E-state index in [1.165, 1.54) is 12.3 Å². The number of hydrogen-bond donors (Lipinski definition) is 1. The van der Waals surface area contributed by atoms with Crippen LogP contribution in [0.2, 0.25) is 0 Å². The molecule has 2 heterocycles. The number of carbonyl (C=O) groups is 1. The topological polar surface area (TPSA) is 80.4 Å². The molecule has 3 aromatic rings. The van der Waals surface area contributed by atoms with Crippen molar-refractivity contribution in [3.63, 3.8) is 0 Å². The molecule has 0 saturated heterocycles. The first-order chi connectivity index (χ1) is 9.54. The van der Waals surface area contributed by atoms with Gasteiger partial charge in [0, 0.05) is 17.8 Å². The van der Waals surface area contributed by atoms with Crippen molar-refractivity contribution in [2.45, 2.75) is 0 Å². The predicted molar refractivity (Wildman–Crippen MR) is 63.1 cm³/mol. The number of fused-ring (bicyclic) bond motifs is 1. The molecule has 0 bridgehead atoms. The number of carboxylic acid groups (broad SMARTS) is 1. The highest BCUT2D eigenvalue weighted by atomic mass is 19.1. The fraction of sp³-hybridized carbons (Fsp3) is 0. The van der Waals surface area contributed by atoms with Crippen molar-refractivity contribution >= 4 is 11.7 Å². The van der Waals surface area contributed by atoms with Gasteiger partial charge in [-0.2, -0.15) is 9.50 Å². The molecule has 0 spiro atoms. The van der Waals surface area contributed by atoms with E-state index in [0.717, 1.165) is 22.7 Å². The van der Waals surface area contributed by atoms with Gasteiger partial charge in [0.25, 0.3) is 11.6 Å². The second-order valence-electron chi connectivity index (χ2n) is 3.94. The first-order valence-corrected chi connectivity index (χ1v) is 5.46. The third-order valence-corrected chi connectivity index (χ3v) is 2.59. The van der Waals surface area contributed by atoms with Crippen molar-refractivity contribution in [2.24, 2.45) is 0 Å². The second-order valence-corrected chi connectivity index (χ2v) is 3.94. The van der Waals surface area contributed by atoms with Crippen molar-refractivity contribution in [3.8, 4) is 11.3 Å². The highest BCUT2D eigenvalue weighted by Crippen LogP contribution is 2.21. The van der Waals surface area contributed by atoms with Gasteiger partial charge in [-0.3, -0.25) is 0 Å². The van der Waals surface area contributed by atoms with Gasteiger partial charge in [0.1, 0.15) is 11.6 Å². The van der Waals surface area contributed by atoms with Crippen LogP contribution in [0.3, 0.4) is 0 Å². The monoisotopic (exact) mass is 276 g/mol. The molecule has 2 aromatic heterocycles. The first kappa shape index (κ1) is 12.2. The maximum absolute atomic E-state index is 13.3. The molecule has 0 fully saturated rings. The number of hydrogen-bond acceptors (Lipinski definition) is 4. The van der Waals surface area contributed by atoms with Crippen molar-refractivity contribution in [1.29, 1.82) is 0 Å². The summed E-state index contributed by atoms with van der Waals surface area (Å²) in [5.74, 6) is -3.22. The van der Waals surface area contributed by atoms with Crippen LogP contribution in [-0.2, 0) is 0 Å². The molecule has 0 aliphatic rings. The van der Waals surface area contributed by atoms with E-state index in [1.54, 1.807) is 0 Å². The van der Waals surface area contributed by atoms with Crippen molar-refractivity contribution in [3.05, 3.63) is 47.9 Å². The summed E-state index contributed by atoms with van der Waals surface area (Å²) >= 11 is 0. The average Bonchev–Trinajstić information content (AvgIpc) is 2.81. The Morgan fingerprint density at radius 2 is 1.90 bits per heavy atom. The number of benzene rings is 1. The molecule has 6 nitrogen and oxygen atoms in total. The molecule has 0 saturated carbocycles. The fourth-order valence-electron chi connectivity index (χ4n) is 1.81. The molecule has 20 heavy (non-hydrogen) atoms. The van der Waals surface area contributed by atoms with E-state index >= 15 is 0 Å². The molecule has 0 amide bonds. The molecular formula is C12H6F2N4O2. The van der Waals surface area contributed by atoms with E-state index in [2.05, 4.69) is 15.1 Å². The summed E-state index contributed by atoms with van der Waals surface area (Å²) in [5.41, 5.74) is 0.491. The summed E-state index contributed by atoms with van der Waals surface area (Å²) in [6, 6.07) is 4.42. The molecule has 8 heteroatoms. The lowest BCUT2D eigenvalue weighted by Gasteiger charge is -2.04. The first-order valence-electron chi connectivity index (χ1n) is 5.46. The molecule has 0 aliphatic carbocycles. The van der Waals surface area contributed by atoms with E-state index in [9.17, 15) is 13.6 Å². The number of halogens is 2. The van der Waals surface area contributed by atoms with Gasteiger partial charge in [-0.1, -0.05) is 0 Å². The van der Waals surface area contributed by atoms with Gasteiger partial charge in [-0.15, -0.1) is 5.10 Å². The van der Waals surface area contributed by atoms with E-state index in [1.807, 2.05) is 0 Å². The zero-order valence-corrected chi connectivity index (χ0v) is 9.79. The number of nitrogens with zero attached hydrogens (tertiary/aromatic N) is 4. The molecule has 0 radical (unpaired) electrons. The Morgan fingerprint density at radius 3 is 2.55 bits per heavy atom. The Labute approximate surface area is 110 Å². The number of aromatic carboxylic acids is 1. The van der Waals surface area contributed by atoms with Crippen LogP contribution < -0.4 is 0 Å². The van der Waals surface area contributed by atoms with Gasteiger partial charge in [-0.05, 0) is 18.2 Å². The lowest BCUT2D eigenvalue weighted by molar-refractivity contribution is 0.0684. The van der Waals surface area contributed by atoms with E-state index in [4.69, 9.17) is 5.11 Å². The second kappa shape index (κ2) is 4.34. The lowest BCUT2D eigenvalue weighted by Crippen LogP contribution is -2.00. The van der Waals surface area contributed by atoms with Gasteiger partial charge in [-0.25, -0.2) is 18.6 Å². The predicted octanol–water partition coefficient (Wildman–Crippen LogP) is 1.77. The van der Waals surface area contributed by atoms with Crippen molar-refractivity contribution < 1.29 is 18.7 Å². The standard InChI is InChI=1S/C12H6F2N4O2/c13-7-3-6(4-8(14)5-7)9-1-2-15-12-16-10(11(19)20)17-18(9)12/h1-5H,(H,19,20). The lowest BCUT2D eigenvalue weighted by atomic mass is 10.1. The van der Waals surface area contributed by atoms with Crippen LogP contribution in [0.15, 0.2) is 30.5 Å². The Bertz CT molecular complexity index is 811. The smallest absolute Gasteiger partial charge is 0.375 e. The van der Waals surface area contributed by atoms with Crippen LogP contribution in [0.4, 0.5) is 8.78 Å². The Morgan fingerprint density at radius 1 is 1.20 bits per heavy atom. The number of carboxylic acids is 1.